The molecular weight excluding hydrogens is 152 g/mol. The second kappa shape index (κ2) is 2.59. The molecule has 1 nitrogen and oxygen atoms in total. The van der Waals surface area contributed by atoms with E-state index in [1.54, 1.807) is 12.3 Å². The molecule has 2 rings (SSSR count). The number of hydrogen-bond acceptors (Lipinski definition) is 1. The highest BCUT2D eigenvalue weighted by atomic mass is 19.1. The Balaban J connectivity index is 2.86. The van der Waals surface area contributed by atoms with Crippen molar-refractivity contribution < 1.29 is 4.39 Å². The van der Waals surface area contributed by atoms with Crippen molar-refractivity contribution >= 4 is 24.2 Å². The molecule has 0 aliphatic heterocycles. The summed E-state index contributed by atoms with van der Waals surface area (Å²) in [5.41, 5.74) is 1.84. The third-order valence-electron chi connectivity index (χ3n) is 1.92. The lowest BCUT2D eigenvalue weighted by Gasteiger charge is -1.99. The van der Waals surface area contributed by atoms with Crippen LogP contribution in [0.4, 0.5) is 4.39 Å². The molecule has 1 aromatic heterocycles. The maximum atomic E-state index is 12.7. The molecule has 0 fully saturated rings. The molecule has 2 aromatic rings. The lowest BCUT2D eigenvalue weighted by molar-refractivity contribution is 0.629. The Kier molecular flexibility index (Phi) is 1.57. The van der Waals surface area contributed by atoms with Gasteiger partial charge in [-0.15, -0.1) is 0 Å². The van der Waals surface area contributed by atoms with Crippen LogP contribution >= 0.6 is 0 Å². The number of pyridine rings is 1. The molecule has 0 radical (unpaired) electrons. The third kappa shape index (κ3) is 1.07. The minimum absolute atomic E-state index is 0.236. The zero-order chi connectivity index (χ0) is 8.55. The van der Waals surface area contributed by atoms with Crippen molar-refractivity contribution in [2.75, 3.05) is 0 Å². The fourth-order valence-electron chi connectivity index (χ4n) is 1.26. The summed E-state index contributed by atoms with van der Waals surface area (Å²) < 4.78 is 12.7. The Morgan fingerprint density at radius 1 is 1.25 bits per heavy atom. The number of halogens is 1. The lowest BCUT2D eigenvalue weighted by atomic mass is 9.93. The summed E-state index contributed by atoms with van der Waals surface area (Å²) in [6.45, 7) is 0. The van der Waals surface area contributed by atoms with Crippen molar-refractivity contribution in [2.24, 2.45) is 0 Å². The molecule has 0 aliphatic rings. The molecule has 0 amide bonds. The standard InChI is InChI=1S/C9H7BFN/c10-8-3-4-12-9-5-6(11)1-2-7(8)9/h1-5H,10H2. The lowest BCUT2D eigenvalue weighted by Crippen LogP contribution is -2.03. The number of hydrogen-bond donors (Lipinski definition) is 0. The van der Waals surface area contributed by atoms with Gasteiger partial charge in [-0.2, -0.15) is 0 Å². The SMILES string of the molecule is Bc1ccnc2cc(F)ccc12. The molecule has 58 valence electrons. The number of fused-ring (bicyclic) bond motifs is 1. The van der Waals surface area contributed by atoms with Crippen LogP contribution in [0.25, 0.3) is 10.9 Å². The normalized spacial score (nSPS) is 10.4. The van der Waals surface area contributed by atoms with E-state index in [1.165, 1.54) is 12.1 Å². The smallest absolute Gasteiger partial charge is 0.140 e. The molecule has 3 heteroatoms. The van der Waals surface area contributed by atoms with Gasteiger partial charge in [-0.1, -0.05) is 11.5 Å². The van der Waals surface area contributed by atoms with Gasteiger partial charge in [-0.3, -0.25) is 4.98 Å². The third-order valence-corrected chi connectivity index (χ3v) is 1.92. The zero-order valence-corrected chi connectivity index (χ0v) is 6.71. The Labute approximate surface area is 70.7 Å². The first kappa shape index (κ1) is 7.28. The highest BCUT2D eigenvalue weighted by Gasteiger charge is 1.97. The van der Waals surface area contributed by atoms with Crippen LogP contribution in [0.2, 0.25) is 0 Å². The summed E-state index contributed by atoms with van der Waals surface area (Å²) >= 11 is 0. The van der Waals surface area contributed by atoms with Crippen LogP contribution in [0.15, 0.2) is 30.5 Å². The van der Waals surface area contributed by atoms with Gasteiger partial charge in [0.05, 0.1) is 5.52 Å². The fraction of sp³-hybridized carbons (Fsp3) is 0. The van der Waals surface area contributed by atoms with Gasteiger partial charge in [-0.25, -0.2) is 4.39 Å². The highest BCUT2D eigenvalue weighted by molar-refractivity contribution is 6.38. The van der Waals surface area contributed by atoms with E-state index in [2.05, 4.69) is 4.98 Å². The molecule has 12 heavy (non-hydrogen) atoms. The number of rotatable bonds is 0. The van der Waals surface area contributed by atoms with Crippen molar-refractivity contribution in [1.82, 2.24) is 4.98 Å². The van der Waals surface area contributed by atoms with E-state index in [0.29, 0.717) is 0 Å². The van der Waals surface area contributed by atoms with Crippen molar-refractivity contribution in [2.45, 2.75) is 0 Å². The van der Waals surface area contributed by atoms with E-state index in [1.807, 2.05) is 13.9 Å². The van der Waals surface area contributed by atoms with Crippen LogP contribution in [0.1, 0.15) is 0 Å². The molecule has 1 aromatic carbocycles. The summed E-state index contributed by atoms with van der Waals surface area (Å²) in [6, 6.07) is 6.58. The van der Waals surface area contributed by atoms with Gasteiger partial charge < -0.3 is 0 Å². The van der Waals surface area contributed by atoms with Crippen molar-refractivity contribution in [3.05, 3.63) is 36.3 Å². The summed E-state index contributed by atoms with van der Waals surface area (Å²) in [6.07, 6.45) is 1.69. The quantitative estimate of drug-likeness (QED) is 0.513. The second-order valence-electron chi connectivity index (χ2n) is 2.79. The Bertz CT molecular complexity index is 428. The molecule has 0 aliphatic carbocycles. The Morgan fingerprint density at radius 3 is 2.92 bits per heavy atom. The minimum atomic E-state index is -0.236. The largest absolute Gasteiger partial charge is 0.256 e. The monoisotopic (exact) mass is 159 g/mol. The molecule has 0 atom stereocenters. The van der Waals surface area contributed by atoms with E-state index in [0.717, 1.165) is 16.4 Å². The van der Waals surface area contributed by atoms with Crippen LogP contribution < -0.4 is 5.46 Å². The average molecular weight is 159 g/mol. The molecular formula is C9H7BFN. The maximum Gasteiger partial charge on any atom is 0.140 e. The van der Waals surface area contributed by atoms with Crippen LogP contribution in [-0.4, -0.2) is 12.8 Å². The highest BCUT2D eigenvalue weighted by Crippen LogP contribution is 2.09. The number of benzene rings is 1. The molecule has 0 bridgehead atoms. The van der Waals surface area contributed by atoms with Crippen LogP contribution in [0, 0.1) is 5.82 Å². The van der Waals surface area contributed by atoms with Gasteiger partial charge in [0.1, 0.15) is 13.7 Å². The second-order valence-corrected chi connectivity index (χ2v) is 2.79. The van der Waals surface area contributed by atoms with Crippen LogP contribution in [0.3, 0.4) is 0 Å². The number of aromatic nitrogens is 1. The Morgan fingerprint density at radius 2 is 2.08 bits per heavy atom. The number of nitrogens with zero attached hydrogens (tertiary/aromatic N) is 1. The zero-order valence-electron chi connectivity index (χ0n) is 6.71. The maximum absolute atomic E-state index is 12.7. The Hall–Kier alpha value is -1.38. The summed E-state index contributed by atoms with van der Waals surface area (Å²) in [5.74, 6) is -0.236. The van der Waals surface area contributed by atoms with Crippen LogP contribution in [-0.2, 0) is 0 Å². The van der Waals surface area contributed by atoms with Crippen molar-refractivity contribution in [3.8, 4) is 0 Å². The van der Waals surface area contributed by atoms with Gasteiger partial charge in [0.15, 0.2) is 0 Å². The van der Waals surface area contributed by atoms with E-state index >= 15 is 0 Å². The average Bonchev–Trinajstić information content (AvgIpc) is 2.04. The van der Waals surface area contributed by atoms with Gasteiger partial charge in [0.25, 0.3) is 0 Å². The van der Waals surface area contributed by atoms with Crippen molar-refractivity contribution in [3.63, 3.8) is 0 Å². The molecule has 1 heterocycles. The molecule has 0 saturated carbocycles. The fourth-order valence-corrected chi connectivity index (χ4v) is 1.26. The molecule has 0 unspecified atom stereocenters. The molecule has 0 saturated heterocycles. The van der Waals surface area contributed by atoms with E-state index in [-0.39, 0.29) is 5.82 Å². The van der Waals surface area contributed by atoms with Gasteiger partial charge >= 0.3 is 0 Å². The van der Waals surface area contributed by atoms with Crippen LogP contribution in [0.5, 0.6) is 0 Å². The summed E-state index contributed by atoms with van der Waals surface area (Å²) in [5, 5.41) is 1.01. The predicted molar refractivity (Wildman–Crippen MR) is 49.9 cm³/mol. The first-order valence-corrected chi connectivity index (χ1v) is 3.78. The molecule has 0 N–H and O–H groups in total. The van der Waals surface area contributed by atoms with E-state index in [9.17, 15) is 4.39 Å². The van der Waals surface area contributed by atoms with E-state index < -0.39 is 0 Å². The first-order chi connectivity index (χ1) is 5.77. The van der Waals surface area contributed by atoms with Gasteiger partial charge in [0, 0.05) is 12.3 Å². The minimum Gasteiger partial charge on any atom is -0.256 e. The van der Waals surface area contributed by atoms with Gasteiger partial charge in [0.2, 0.25) is 0 Å². The van der Waals surface area contributed by atoms with Gasteiger partial charge in [-0.05, 0) is 17.5 Å². The first-order valence-electron chi connectivity index (χ1n) is 3.78. The summed E-state index contributed by atoms with van der Waals surface area (Å²) in [7, 11) is 1.99. The molecule has 0 spiro atoms. The van der Waals surface area contributed by atoms with Crippen molar-refractivity contribution in [1.29, 1.82) is 0 Å². The summed E-state index contributed by atoms with van der Waals surface area (Å²) in [4.78, 5) is 4.06. The van der Waals surface area contributed by atoms with E-state index in [4.69, 9.17) is 0 Å². The predicted octanol–water partition coefficient (Wildman–Crippen LogP) is 0.632. The topological polar surface area (TPSA) is 12.9 Å².